The summed E-state index contributed by atoms with van der Waals surface area (Å²) < 4.78 is 5.59. The number of hydrogen-bond donors (Lipinski definition) is 2. The lowest BCUT2D eigenvalue weighted by Crippen LogP contribution is -2.31. The van der Waals surface area contributed by atoms with Crippen molar-refractivity contribution in [2.75, 3.05) is 32.0 Å². The van der Waals surface area contributed by atoms with E-state index in [2.05, 4.69) is 10.6 Å². The monoisotopic (exact) mass is 391 g/mol. The molecule has 0 aliphatic carbocycles. The van der Waals surface area contributed by atoms with Gasteiger partial charge in [-0.15, -0.1) is 0 Å². The number of nitrogens with zero attached hydrogens (tertiary/aromatic N) is 1. The summed E-state index contributed by atoms with van der Waals surface area (Å²) in [5, 5.41) is 6.91. The Morgan fingerprint density at radius 3 is 2.69 bits per heavy atom. The lowest BCUT2D eigenvalue weighted by atomic mass is 10.1. The van der Waals surface area contributed by atoms with Crippen molar-refractivity contribution in [3.05, 3.63) is 65.9 Å². The number of furan rings is 1. The zero-order valence-electron chi connectivity index (χ0n) is 16.5. The van der Waals surface area contributed by atoms with E-state index in [1.165, 1.54) is 0 Å². The Balaban J connectivity index is 1.34. The molecule has 4 rings (SSSR count). The summed E-state index contributed by atoms with van der Waals surface area (Å²) in [4.78, 5) is 26.9. The van der Waals surface area contributed by atoms with Gasteiger partial charge in [0.2, 0.25) is 5.91 Å². The number of hydrogen-bond acceptors (Lipinski definition) is 4. The quantitative estimate of drug-likeness (QED) is 0.676. The van der Waals surface area contributed by atoms with Gasteiger partial charge < -0.3 is 20.0 Å². The van der Waals surface area contributed by atoms with Crippen molar-refractivity contribution in [2.45, 2.75) is 12.8 Å². The van der Waals surface area contributed by atoms with E-state index >= 15 is 0 Å². The summed E-state index contributed by atoms with van der Waals surface area (Å²) in [5.41, 5.74) is 2.29. The maximum atomic E-state index is 12.5. The van der Waals surface area contributed by atoms with Gasteiger partial charge in [0.05, 0.1) is 6.42 Å². The van der Waals surface area contributed by atoms with Gasteiger partial charge in [-0.2, -0.15) is 0 Å². The first-order valence-corrected chi connectivity index (χ1v) is 9.93. The first kappa shape index (κ1) is 19.2. The van der Waals surface area contributed by atoms with Crippen LogP contribution in [0.4, 0.5) is 5.69 Å². The second-order valence-corrected chi connectivity index (χ2v) is 7.53. The molecule has 2 heterocycles. The average Bonchev–Trinajstić information content (AvgIpc) is 3.37. The van der Waals surface area contributed by atoms with Crippen molar-refractivity contribution in [2.24, 2.45) is 5.92 Å². The molecule has 1 aromatic heterocycles. The molecule has 0 radical (unpaired) electrons. The van der Waals surface area contributed by atoms with Gasteiger partial charge in [-0.3, -0.25) is 9.59 Å². The van der Waals surface area contributed by atoms with Crippen LogP contribution in [0.1, 0.15) is 22.5 Å². The highest BCUT2D eigenvalue weighted by Crippen LogP contribution is 2.21. The predicted octanol–water partition coefficient (Wildman–Crippen LogP) is 3.30. The van der Waals surface area contributed by atoms with E-state index in [-0.39, 0.29) is 17.6 Å². The van der Waals surface area contributed by atoms with Crippen molar-refractivity contribution in [3.63, 3.8) is 0 Å². The van der Waals surface area contributed by atoms with Gasteiger partial charge in [0.1, 0.15) is 5.58 Å². The molecule has 2 aromatic carbocycles. The Hall–Kier alpha value is -3.12. The minimum absolute atomic E-state index is 0.155. The Kier molecular flexibility index (Phi) is 5.62. The highest BCUT2D eigenvalue weighted by atomic mass is 16.3. The van der Waals surface area contributed by atoms with Crippen LogP contribution in [-0.4, -0.2) is 43.4 Å². The molecule has 1 aliphatic heterocycles. The van der Waals surface area contributed by atoms with Crippen molar-refractivity contribution in [1.82, 2.24) is 10.2 Å². The minimum atomic E-state index is -0.294. The Morgan fingerprint density at radius 2 is 1.93 bits per heavy atom. The van der Waals surface area contributed by atoms with E-state index in [1.54, 1.807) is 6.07 Å². The third kappa shape index (κ3) is 4.49. The van der Waals surface area contributed by atoms with Crippen LogP contribution in [-0.2, 0) is 11.2 Å². The summed E-state index contributed by atoms with van der Waals surface area (Å²) in [7, 11) is 1.94. The summed E-state index contributed by atoms with van der Waals surface area (Å²) in [6.45, 7) is 2.60. The van der Waals surface area contributed by atoms with E-state index in [0.717, 1.165) is 37.0 Å². The third-order valence-corrected chi connectivity index (χ3v) is 5.35. The molecule has 29 heavy (non-hydrogen) atoms. The van der Waals surface area contributed by atoms with Gasteiger partial charge >= 0.3 is 0 Å². The molecule has 6 nitrogen and oxygen atoms in total. The lowest BCUT2D eigenvalue weighted by molar-refractivity contribution is -0.129. The maximum absolute atomic E-state index is 12.5. The second-order valence-electron chi connectivity index (χ2n) is 7.53. The molecule has 2 amide bonds. The van der Waals surface area contributed by atoms with Gasteiger partial charge in [0, 0.05) is 24.2 Å². The number of carbonyl (C=O) groups is 2. The number of likely N-dealkylation sites (tertiary alicyclic amines) is 1. The van der Waals surface area contributed by atoms with E-state index in [0.29, 0.717) is 23.6 Å². The standard InChI is InChI=1S/C23H25N3O3/c1-24-14-17-10-11-26(15-17)22(27)12-16-6-8-19(9-7-16)25-23(28)21-13-18-4-2-3-5-20(18)29-21/h2-9,13,17,24H,10-12,14-15H2,1H3,(H,25,28). The second kappa shape index (κ2) is 8.49. The molecule has 0 bridgehead atoms. The average molecular weight is 391 g/mol. The molecule has 0 saturated carbocycles. The lowest BCUT2D eigenvalue weighted by Gasteiger charge is -2.16. The van der Waals surface area contributed by atoms with E-state index < -0.39 is 0 Å². The zero-order valence-corrected chi connectivity index (χ0v) is 16.5. The van der Waals surface area contributed by atoms with Crippen LogP contribution < -0.4 is 10.6 Å². The molecule has 150 valence electrons. The van der Waals surface area contributed by atoms with E-state index in [4.69, 9.17) is 4.42 Å². The largest absolute Gasteiger partial charge is 0.451 e. The fraction of sp³-hybridized carbons (Fsp3) is 0.304. The van der Waals surface area contributed by atoms with Crippen LogP contribution in [0, 0.1) is 5.92 Å². The summed E-state index contributed by atoms with van der Waals surface area (Å²) in [6, 6.07) is 16.6. The SMILES string of the molecule is CNCC1CCN(C(=O)Cc2ccc(NC(=O)c3cc4ccccc4o3)cc2)C1. The third-order valence-electron chi connectivity index (χ3n) is 5.35. The summed E-state index contributed by atoms with van der Waals surface area (Å²) >= 11 is 0. The smallest absolute Gasteiger partial charge is 0.291 e. The number of nitrogens with one attached hydrogen (secondary N) is 2. The van der Waals surface area contributed by atoms with Gasteiger partial charge in [-0.05, 0) is 55.8 Å². The number of carbonyl (C=O) groups excluding carboxylic acids is 2. The highest BCUT2D eigenvalue weighted by molar-refractivity contribution is 6.04. The van der Waals surface area contributed by atoms with Crippen molar-refractivity contribution < 1.29 is 14.0 Å². The predicted molar refractivity (Wildman–Crippen MR) is 113 cm³/mol. The number of anilines is 1. The molecule has 0 spiro atoms. The number of rotatable bonds is 6. The van der Waals surface area contributed by atoms with Crippen molar-refractivity contribution >= 4 is 28.5 Å². The van der Waals surface area contributed by atoms with Crippen molar-refractivity contribution in [3.8, 4) is 0 Å². The molecule has 6 heteroatoms. The van der Waals surface area contributed by atoms with Crippen LogP contribution in [0.5, 0.6) is 0 Å². The van der Waals surface area contributed by atoms with Gasteiger partial charge in [0.15, 0.2) is 5.76 Å². The van der Waals surface area contributed by atoms with Crippen LogP contribution in [0.3, 0.4) is 0 Å². The summed E-state index contributed by atoms with van der Waals surface area (Å²) in [5.74, 6) is 0.677. The minimum Gasteiger partial charge on any atom is -0.451 e. The topological polar surface area (TPSA) is 74.6 Å². The first-order chi connectivity index (χ1) is 14.1. The van der Waals surface area contributed by atoms with Gasteiger partial charge in [-0.25, -0.2) is 0 Å². The maximum Gasteiger partial charge on any atom is 0.291 e. The zero-order chi connectivity index (χ0) is 20.2. The molecular formula is C23H25N3O3. The van der Waals surface area contributed by atoms with E-state index in [9.17, 15) is 9.59 Å². The Bertz CT molecular complexity index is 977. The van der Waals surface area contributed by atoms with Crippen LogP contribution in [0.25, 0.3) is 11.0 Å². The number of benzene rings is 2. The molecule has 1 unspecified atom stereocenters. The van der Waals surface area contributed by atoms with Crippen LogP contribution >= 0.6 is 0 Å². The molecule has 1 atom stereocenters. The van der Waals surface area contributed by atoms with Crippen LogP contribution in [0.2, 0.25) is 0 Å². The number of fused-ring (bicyclic) bond motifs is 1. The molecule has 2 N–H and O–H groups in total. The van der Waals surface area contributed by atoms with Crippen molar-refractivity contribution in [1.29, 1.82) is 0 Å². The Morgan fingerprint density at radius 1 is 1.14 bits per heavy atom. The molecule has 1 saturated heterocycles. The first-order valence-electron chi connectivity index (χ1n) is 9.93. The fourth-order valence-corrected chi connectivity index (χ4v) is 3.79. The number of para-hydroxylation sites is 1. The highest BCUT2D eigenvalue weighted by Gasteiger charge is 2.25. The van der Waals surface area contributed by atoms with Gasteiger partial charge in [0.25, 0.3) is 5.91 Å². The normalized spacial score (nSPS) is 16.3. The fourth-order valence-electron chi connectivity index (χ4n) is 3.79. The molecule has 1 aliphatic rings. The van der Waals surface area contributed by atoms with Gasteiger partial charge in [-0.1, -0.05) is 30.3 Å². The Labute approximate surface area is 169 Å². The molecular weight excluding hydrogens is 366 g/mol. The van der Waals surface area contributed by atoms with Crippen LogP contribution in [0.15, 0.2) is 59.0 Å². The molecule has 3 aromatic rings. The molecule has 1 fully saturated rings. The van der Waals surface area contributed by atoms with E-state index in [1.807, 2.05) is 60.5 Å². The summed E-state index contributed by atoms with van der Waals surface area (Å²) in [6.07, 6.45) is 1.43. The number of amides is 2.